The Balaban J connectivity index is 3.08. The second kappa shape index (κ2) is 6.98. The van der Waals surface area contributed by atoms with E-state index in [0.29, 0.717) is 17.2 Å². The normalized spacial score (nSPS) is 13.7. The van der Waals surface area contributed by atoms with Crippen LogP contribution in [0.15, 0.2) is 15.8 Å². The molecule has 5 N–H and O–H groups in total. The van der Waals surface area contributed by atoms with E-state index in [1.54, 1.807) is 4.98 Å². The highest BCUT2D eigenvalue weighted by Gasteiger charge is 2.26. The van der Waals surface area contributed by atoms with Gasteiger partial charge in [-0.1, -0.05) is 13.8 Å². The minimum Gasteiger partial charge on any atom is -0.478 e. The minimum atomic E-state index is -1.88. The van der Waals surface area contributed by atoms with Crippen molar-refractivity contribution in [3.05, 3.63) is 32.9 Å². The summed E-state index contributed by atoms with van der Waals surface area (Å²) in [6.45, 7) is 3.65. The number of halogens is 1. The summed E-state index contributed by atoms with van der Waals surface area (Å²) in [5.41, 5.74) is 3.16. The summed E-state index contributed by atoms with van der Waals surface area (Å²) in [6, 6.07) is -0.981. The molecular formula is C12H17FN4O5. The molecule has 10 heteroatoms. The number of nitrogens with two attached hydrogens (primary N) is 1. The van der Waals surface area contributed by atoms with Gasteiger partial charge in [-0.2, -0.15) is 4.39 Å². The number of nitrogens with one attached hydrogen (secondary N) is 2. The predicted molar refractivity (Wildman–Crippen MR) is 73.5 cm³/mol. The Hall–Kier alpha value is -2.49. The van der Waals surface area contributed by atoms with Gasteiger partial charge in [-0.3, -0.25) is 19.1 Å². The summed E-state index contributed by atoms with van der Waals surface area (Å²) in [7, 11) is 0. The number of aliphatic carboxylic acids is 1. The molecule has 1 aromatic rings. The molecule has 0 saturated heterocycles. The van der Waals surface area contributed by atoms with Crippen LogP contribution >= 0.6 is 0 Å². The Kier molecular flexibility index (Phi) is 5.57. The number of aromatic nitrogens is 2. The smallest absolute Gasteiger partial charge is 0.347 e. The van der Waals surface area contributed by atoms with Crippen molar-refractivity contribution >= 4 is 11.9 Å². The molecule has 2 atom stereocenters. The summed E-state index contributed by atoms with van der Waals surface area (Å²) in [5, 5.41) is 11.1. The summed E-state index contributed by atoms with van der Waals surface area (Å²) >= 11 is 0. The van der Waals surface area contributed by atoms with Gasteiger partial charge in [0.25, 0.3) is 5.56 Å². The Morgan fingerprint density at radius 2 is 2.05 bits per heavy atom. The van der Waals surface area contributed by atoms with Crippen LogP contribution < -0.4 is 22.3 Å². The largest absolute Gasteiger partial charge is 0.478 e. The first-order valence-electron chi connectivity index (χ1n) is 6.43. The van der Waals surface area contributed by atoms with Gasteiger partial charge in [0.05, 0.1) is 12.2 Å². The number of carboxylic acids is 1. The minimum absolute atomic E-state index is 0.0947. The molecule has 9 nitrogen and oxygen atoms in total. The lowest BCUT2D eigenvalue weighted by Crippen LogP contribution is -2.49. The highest BCUT2D eigenvalue weighted by molar-refractivity contribution is 5.85. The quantitative estimate of drug-likeness (QED) is 0.515. The zero-order valence-corrected chi connectivity index (χ0v) is 12.0. The van der Waals surface area contributed by atoms with Gasteiger partial charge in [0.2, 0.25) is 17.9 Å². The number of rotatable bonds is 6. The number of H-pyrrole nitrogens is 1. The van der Waals surface area contributed by atoms with E-state index in [4.69, 9.17) is 10.8 Å². The van der Waals surface area contributed by atoms with Crippen LogP contribution in [0, 0.1) is 11.7 Å². The molecule has 1 amide bonds. The summed E-state index contributed by atoms with van der Waals surface area (Å²) in [6.07, 6.45) is -1.18. The first kappa shape index (κ1) is 17.6. The van der Waals surface area contributed by atoms with Gasteiger partial charge in [0, 0.05) is 0 Å². The maximum Gasteiger partial charge on any atom is 0.347 e. The van der Waals surface area contributed by atoms with Crippen molar-refractivity contribution in [2.75, 3.05) is 0 Å². The van der Waals surface area contributed by atoms with Crippen molar-refractivity contribution in [1.29, 1.82) is 0 Å². The van der Waals surface area contributed by atoms with Crippen LogP contribution in [0.2, 0.25) is 0 Å². The third-order valence-electron chi connectivity index (χ3n) is 2.78. The van der Waals surface area contributed by atoms with E-state index in [1.165, 1.54) is 0 Å². The highest BCUT2D eigenvalue weighted by atomic mass is 19.1. The van der Waals surface area contributed by atoms with Gasteiger partial charge in [-0.15, -0.1) is 0 Å². The van der Waals surface area contributed by atoms with Gasteiger partial charge >= 0.3 is 11.7 Å². The van der Waals surface area contributed by atoms with Gasteiger partial charge < -0.3 is 16.2 Å². The van der Waals surface area contributed by atoms with E-state index in [-0.39, 0.29) is 5.92 Å². The second-order valence-corrected chi connectivity index (χ2v) is 5.13. The van der Waals surface area contributed by atoms with Gasteiger partial charge in [-0.05, 0) is 12.3 Å². The molecule has 0 aliphatic rings. The molecule has 122 valence electrons. The fourth-order valence-corrected chi connectivity index (χ4v) is 1.76. The number of carboxylic acid groups (broad SMARTS) is 1. The van der Waals surface area contributed by atoms with Crippen molar-refractivity contribution in [3.8, 4) is 0 Å². The monoisotopic (exact) mass is 316 g/mol. The number of carbonyl (C=O) groups is 2. The van der Waals surface area contributed by atoms with Crippen LogP contribution in [0.3, 0.4) is 0 Å². The SMILES string of the molecule is CC(C)C[C@H](N)C(=O)NC(C(=O)O)n1cc(F)c(=O)[nH]c1=O. The standard InChI is InChI=1S/C12H17FN4O5/c1-5(2)3-7(14)10(19)15-8(11(20)21)17-4-6(13)9(18)16-12(17)22/h4-5,7-8H,3,14H2,1-2H3,(H,15,19)(H,20,21)(H,16,18,22)/t7-,8?/m0/s1. The molecule has 22 heavy (non-hydrogen) atoms. The lowest BCUT2D eigenvalue weighted by Gasteiger charge is -2.20. The van der Waals surface area contributed by atoms with Crippen LogP contribution in [-0.2, 0) is 9.59 Å². The second-order valence-electron chi connectivity index (χ2n) is 5.13. The van der Waals surface area contributed by atoms with Crippen molar-refractivity contribution in [2.24, 2.45) is 11.7 Å². The maximum atomic E-state index is 13.2. The molecule has 0 saturated carbocycles. The Morgan fingerprint density at radius 3 is 2.55 bits per heavy atom. The fourth-order valence-electron chi connectivity index (χ4n) is 1.76. The average molecular weight is 316 g/mol. The number of amides is 1. The Bertz CT molecular complexity index is 681. The van der Waals surface area contributed by atoms with Crippen molar-refractivity contribution in [1.82, 2.24) is 14.9 Å². The molecule has 0 aliphatic carbocycles. The summed E-state index contributed by atoms with van der Waals surface area (Å²) in [4.78, 5) is 47.2. The molecule has 1 aromatic heterocycles. The molecule has 1 unspecified atom stereocenters. The number of carbonyl (C=O) groups excluding carboxylic acids is 1. The topological polar surface area (TPSA) is 147 Å². The average Bonchev–Trinajstić information content (AvgIpc) is 2.39. The Morgan fingerprint density at radius 1 is 1.45 bits per heavy atom. The third-order valence-corrected chi connectivity index (χ3v) is 2.78. The molecule has 1 rings (SSSR count). The van der Waals surface area contributed by atoms with Gasteiger partial charge in [0.15, 0.2) is 0 Å². The van der Waals surface area contributed by atoms with E-state index in [2.05, 4.69) is 0 Å². The number of nitrogens with zero attached hydrogens (tertiary/aromatic N) is 1. The molecule has 0 bridgehead atoms. The molecule has 0 spiro atoms. The van der Waals surface area contributed by atoms with Crippen molar-refractivity contribution in [2.45, 2.75) is 32.5 Å². The molecule has 0 fully saturated rings. The summed E-state index contributed by atoms with van der Waals surface area (Å²) < 4.78 is 13.6. The zero-order valence-electron chi connectivity index (χ0n) is 12.0. The number of hydrogen-bond donors (Lipinski definition) is 4. The molecular weight excluding hydrogens is 299 g/mol. The molecule has 0 aliphatic heterocycles. The Labute approximate surface area is 123 Å². The van der Waals surface area contributed by atoms with Crippen molar-refractivity contribution in [3.63, 3.8) is 0 Å². The zero-order chi connectivity index (χ0) is 17.0. The van der Waals surface area contributed by atoms with E-state index in [9.17, 15) is 23.6 Å². The van der Waals surface area contributed by atoms with Crippen LogP contribution in [0.5, 0.6) is 0 Å². The predicted octanol–water partition coefficient (Wildman–Crippen LogP) is -1.25. The highest BCUT2D eigenvalue weighted by Crippen LogP contribution is 2.05. The van der Waals surface area contributed by atoms with Gasteiger partial charge in [-0.25, -0.2) is 9.59 Å². The van der Waals surface area contributed by atoms with Crippen LogP contribution in [0.1, 0.15) is 26.4 Å². The van der Waals surface area contributed by atoms with E-state index < -0.39 is 41.2 Å². The van der Waals surface area contributed by atoms with E-state index in [0.717, 1.165) is 0 Å². The first-order valence-corrected chi connectivity index (χ1v) is 6.43. The third kappa shape index (κ3) is 4.25. The lowest BCUT2D eigenvalue weighted by atomic mass is 10.0. The van der Waals surface area contributed by atoms with Crippen LogP contribution in [0.25, 0.3) is 0 Å². The number of aromatic amines is 1. The molecule has 1 heterocycles. The molecule has 0 radical (unpaired) electrons. The van der Waals surface area contributed by atoms with Gasteiger partial charge in [0.1, 0.15) is 0 Å². The first-order chi connectivity index (χ1) is 10.1. The summed E-state index contributed by atoms with van der Waals surface area (Å²) in [5.74, 6) is -3.68. The van der Waals surface area contributed by atoms with Crippen molar-refractivity contribution < 1.29 is 19.1 Å². The van der Waals surface area contributed by atoms with E-state index in [1.807, 2.05) is 19.2 Å². The van der Waals surface area contributed by atoms with Crippen LogP contribution in [-0.4, -0.2) is 32.6 Å². The van der Waals surface area contributed by atoms with E-state index >= 15 is 0 Å². The molecule has 0 aromatic carbocycles. The maximum absolute atomic E-state index is 13.2. The lowest BCUT2D eigenvalue weighted by molar-refractivity contribution is -0.145. The van der Waals surface area contributed by atoms with Crippen LogP contribution in [0.4, 0.5) is 4.39 Å². The fraction of sp³-hybridized carbons (Fsp3) is 0.500. The number of hydrogen-bond acceptors (Lipinski definition) is 5.